The summed E-state index contributed by atoms with van der Waals surface area (Å²) in [5.74, 6) is 4.85. The summed E-state index contributed by atoms with van der Waals surface area (Å²) in [5.41, 5.74) is 2.11. The van der Waals surface area contributed by atoms with Crippen LogP contribution in [0.4, 0.5) is 0 Å². The zero-order valence-electron chi connectivity index (χ0n) is 9.08. The van der Waals surface area contributed by atoms with E-state index in [1.54, 1.807) is 0 Å². The molecule has 0 aromatic carbocycles. The van der Waals surface area contributed by atoms with E-state index in [-0.39, 0.29) is 5.91 Å². The van der Waals surface area contributed by atoms with E-state index in [1.165, 1.54) is 0 Å². The molecular formula is C9H21N3O2. The Hall–Kier alpha value is -0.650. The highest BCUT2D eigenvalue weighted by Gasteiger charge is 2.01. The largest absolute Gasteiger partial charge is 0.380 e. The molecule has 5 nitrogen and oxygen atoms in total. The lowest BCUT2D eigenvalue weighted by atomic mass is 10.3. The number of rotatable bonds is 8. The average molecular weight is 203 g/mol. The van der Waals surface area contributed by atoms with Gasteiger partial charge in [-0.3, -0.25) is 10.2 Å². The van der Waals surface area contributed by atoms with Crippen molar-refractivity contribution in [2.75, 3.05) is 33.4 Å². The van der Waals surface area contributed by atoms with Crippen molar-refractivity contribution in [1.82, 2.24) is 10.3 Å². The minimum atomic E-state index is -0.108. The highest BCUT2D eigenvalue weighted by molar-refractivity contribution is 5.75. The van der Waals surface area contributed by atoms with Crippen LogP contribution in [0.1, 0.15) is 19.8 Å². The van der Waals surface area contributed by atoms with E-state index in [1.807, 2.05) is 14.0 Å². The summed E-state index contributed by atoms with van der Waals surface area (Å²) in [5, 5.41) is 0. The van der Waals surface area contributed by atoms with Gasteiger partial charge in [0.25, 0.3) is 0 Å². The maximum absolute atomic E-state index is 10.8. The van der Waals surface area contributed by atoms with Crippen molar-refractivity contribution in [2.45, 2.75) is 19.8 Å². The molecule has 0 aromatic rings. The first-order valence-corrected chi connectivity index (χ1v) is 4.96. The van der Waals surface area contributed by atoms with Crippen LogP contribution in [0.2, 0.25) is 0 Å². The third-order valence-electron chi connectivity index (χ3n) is 1.93. The van der Waals surface area contributed by atoms with Crippen LogP contribution in [0.25, 0.3) is 0 Å². The molecule has 0 unspecified atom stereocenters. The Morgan fingerprint density at radius 3 is 2.79 bits per heavy atom. The highest BCUT2D eigenvalue weighted by atomic mass is 16.5. The SMILES string of the molecule is CCOCCN(C)CCCC(=O)NN. The van der Waals surface area contributed by atoms with Crippen molar-refractivity contribution in [1.29, 1.82) is 0 Å². The predicted molar refractivity (Wildman–Crippen MR) is 55.6 cm³/mol. The Kier molecular flexibility index (Phi) is 8.51. The zero-order valence-corrected chi connectivity index (χ0v) is 9.08. The molecule has 0 spiro atoms. The Bertz CT molecular complexity index is 153. The molecule has 0 saturated carbocycles. The quantitative estimate of drug-likeness (QED) is 0.246. The standard InChI is InChI=1S/C9H21N3O2/c1-3-14-8-7-12(2)6-4-5-9(13)11-10/h3-8,10H2,1-2H3,(H,11,13). The van der Waals surface area contributed by atoms with Crippen LogP contribution in [0, 0.1) is 0 Å². The van der Waals surface area contributed by atoms with E-state index >= 15 is 0 Å². The number of amides is 1. The smallest absolute Gasteiger partial charge is 0.233 e. The number of nitrogens with zero attached hydrogens (tertiary/aromatic N) is 1. The molecule has 3 N–H and O–H groups in total. The Morgan fingerprint density at radius 2 is 2.21 bits per heavy atom. The molecule has 14 heavy (non-hydrogen) atoms. The third kappa shape index (κ3) is 7.97. The number of hydrogen-bond acceptors (Lipinski definition) is 4. The number of likely N-dealkylation sites (N-methyl/N-ethyl adjacent to an activating group) is 1. The molecular weight excluding hydrogens is 182 g/mol. The Balaban J connectivity index is 3.26. The summed E-state index contributed by atoms with van der Waals surface area (Å²) in [4.78, 5) is 12.9. The minimum absolute atomic E-state index is 0.108. The van der Waals surface area contributed by atoms with Gasteiger partial charge in [-0.25, -0.2) is 5.84 Å². The molecule has 0 aliphatic carbocycles. The van der Waals surface area contributed by atoms with Gasteiger partial charge >= 0.3 is 0 Å². The first-order valence-electron chi connectivity index (χ1n) is 4.96. The van der Waals surface area contributed by atoms with E-state index in [4.69, 9.17) is 10.6 Å². The molecule has 0 saturated heterocycles. The molecule has 0 atom stereocenters. The van der Waals surface area contributed by atoms with Crippen molar-refractivity contribution < 1.29 is 9.53 Å². The van der Waals surface area contributed by atoms with Crippen LogP contribution < -0.4 is 11.3 Å². The van der Waals surface area contributed by atoms with E-state index in [2.05, 4.69) is 10.3 Å². The molecule has 0 radical (unpaired) electrons. The van der Waals surface area contributed by atoms with Crippen molar-refractivity contribution in [2.24, 2.45) is 5.84 Å². The van der Waals surface area contributed by atoms with Gasteiger partial charge in [0.05, 0.1) is 6.61 Å². The monoisotopic (exact) mass is 203 g/mol. The van der Waals surface area contributed by atoms with Crippen LogP contribution in [-0.2, 0) is 9.53 Å². The van der Waals surface area contributed by atoms with Crippen LogP contribution in [0.15, 0.2) is 0 Å². The molecule has 0 rings (SSSR count). The zero-order chi connectivity index (χ0) is 10.8. The van der Waals surface area contributed by atoms with Gasteiger partial charge in [0, 0.05) is 19.6 Å². The molecule has 0 aromatic heterocycles. The van der Waals surface area contributed by atoms with Crippen LogP contribution in [0.3, 0.4) is 0 Å². The maximum atomic E-state index is 10.8. The molecule has 0 heterocycles. The number of carbonyl (C=O) groups excluding carboxylic acids is 1. The number of ether oxygens (including phenoxy) is 1. The first kappa shape index (κ1) is 13.4. The number of nitrogens with two attached hydrogens (primary N) is 1. The summed E-state index contributed by atoms with van der Waals surface area (Å²) in [6.45, 7) is 5.27. The first-order chi connectivity index (χ1) is 6.70. The molecule has 0 aliphatic rings. The number of hydrogen-bond donors (Lipinski definition) is 2. The Labute approximate surface area is 85.6 Å². The van der Waals surface area contributed by atoms with Gasteiger partial charge in [-0.05, 0) is 26.9 Å². The van der Waals surface area contributed by atoms with Crippen molar-refractivity contribution >= 4 is 5.91 Å². The fraction of sp³-hybridized carbons (Fsp3) is 0.889. The van der Waals surface area contributed by atoms with E-state index in [0.717, 1.165) is 32.7 Å². The Morgan fingerprint density at radius 1 is 1.50 bits per heavy atom. The highest BCUT2D eigenvalue weighted by Crippen LogP contribution is 1.92. The molecule has 5 heteroatoms. The lowest BCUT2D eigenvalue weighted by Gasteiger charge is -2.15. The van der Waals surface area contributed by atoms with Crippen LogP contribution in [-0.4, -0.2) is 44.2 Å². The van der Waals surface area contributed by atoms with Gasteiger partial charge in [-0.15, -0.1) is 0 Å². The van der Waals surface area contributed by atoms with E-state index < -0.39 is 0 Å². The van der Waals surface area contributed by atoms with Crippen LogP contribution >= 0.6 is 0 Å². The summed E-state index contributed by atoms with van der Waals surface area (Å²) < 4.78 is 5.21. The van der Waals surface area contributed by atoms with Gasteiger partial charge < -0.3 is 9.64 Å². The summed E-state index contributed by atoms with van der Waals surface area (Å²) in [7, 11) is 2.01. The number of hydrazine groups is 1. The average Bonchev–Trinajstić information content (AvgIpc) is 2.18. The second-order valence-electron chi connectivity index (χ2n) is 3.17. The molecule has 0 bridgehead atoms. The lowest BCUT2D eigenvalue weighted by Crippen LogP contribution is -2.31. The van der Waals surface area contributed by atoms with Gasteiger partial charge in [0.1, 0.15) is 0 Å². The fourth-order valence-corrected chi connectivity index (χ4v) is 1.06. The molecule has 84 valence electrons. The van der Waals surface area contributed by atoms with Crippen molar-refractivity contribution in [3.63, 3.8) is 0 Å². The van der Waals surface area contributed by atoms with E-state index in [0.29, 0.717) is 6.42 Å². The van der Waals surface area contributed by atoms with Crippen molar-refractivity contribution in [3.05, 3.63) is 0 Å². The predicted octanol–water partition coefficient (Wildman–Crippen LogP) is -0.275. The van der Waals surface area contributed by atoms with Crippen molar-refractivity contribution in [3.8, 4) is 0 Å². The van der Waals surface area contributed by atoms with Gasteiger partial charge in [-0.2, -0.15) is 0 Å². The van der Waals surface area contributed by atoms with Gasteiger partial charge in [0.15, 0.2) is 0 Å². The normalized spacial score (nSPS) is 10.6. The molecule has 0 aliphatic heterocycles. The third-order valence-corrected chi connectivity index (χ3v) is 1.93. The van der Waals surface area contributed by atoms with Gasteiger partial charge in [0.2, 0.25) is 5.91 Å². The van der Waals surface area contributed by atoms with Gasteiger partial charge in [-0.1, -0.05) is 0 Å². The summed E-state index contributed by atoms with van der Waals surface area (Å²) in [6, 6.07) is 0. The number of nitrogens with one attached hydrogen (secondary N) is 1. The number of carbonyl (C=O) groups is 1. The minimum Gasteiger partial charge on any atom is -0.380 e. The summed E-state index contributed by atoms with van der Waals surface area (Å²) >= 11 is 0. The fourth-order valence-electron chi connectivity index (χ4n) is 1.06. The molecule has 1 amide bonds. The second-order valence-corrected chi connectivity index (χ2v) is 3.17. The van der Waals surface area contributed by atoms with Crippen LogP contribution in [0.5, 0.6) is 0 Å². The lowest BCUT2D eigenvalue weighted by molar-refractivity contribution is -0.121. The summed E-state index contributed by atoms with van der Waals surface area (Å²) in [6.07, 6.45) is 1.31. The van der Waals surface area contributed by atoms with E-state index in [9.17, 15) is 4.79 Å². The molecule has 0 fully saturated rings. The maximum Gasteiger partial charge on any atom is 0.233 e. The topological polar surface area (TPSA) is 67.6 Å². The second kappa shape index (κ2) is 8.93.